The molecule has 2 N–H and O–H groups in total. The maximum atomic E-state index is 12.8. The van der Waals surface area contributed by atoms with Gasteiger partial charge < -0.3 is 15.2 Å². The fourth-order valence-corrected chi connectivity index (χ4v) is 1.62. The van der Waals surface area contributed by atoms with Crippen LogP contribution in [0, 0.1) is 5.95 Å². The number of aliphatic hydroxyl groups is 1. The standard InChI is InChI=1S/C10H13FN2O2/c11-8-2-1-3-9(12-8)13-10(6-14)4-5-15-7-10/h1-3,14H,4-7H2,(H,12,13). The molecule has 0 aliphatic carbocycles. The van der Waals surface area contributed by atoms with Crippen LogP contribution in [0.5, 0.6) is 0 Å². The van der Waals surface area contributed by atoms with Crippen LogP contribution in [0.1, 0.15) is 6.42 Å². The minimum atomic E-state index is -0.535. The highest BCUT2D eigenvalue weighted by Crippen LogP contribution is 2.22. The summed E-state index contributed by atoms with van der Waals surface area (Å²) in [6.07, 6.45) is 0.696. The molecular formula is C10H13FN2O2. The van der Waals surface area contributed by atoms with Crippen LogP contribution in [0.2, 0.25) is 0 Å². The summed E-state index contributed by atoms with van der Waals surface area (Å²) in [5.41, 5.74) is -0.513. The van der Waals surface area contributed by atoms with Crippen LogP contribution in [0.15, 0.2) is 18.2 Å². The number of aromatic nitrogens is 1. The van der Waals surface area contributed by atoms with E-state index in [4.69, 9.17) is 4.74 Å². The highest BCUT2D eigenvalue weighted by Gasteiger charge is 2.34. The number of hydrogen-bond donors (Lipinski definition) is 2. The van der Waals surface area contributed by atoms with Crippen LogP contribution in [-0.2, 0) is 4.74 Å². The van der Waals surface area contributed by atoms with Gasteiger partial charge in [0, 0.05) is 6.61 Å². The number of anilines is 1. The van der Waals surface area contributed by atoms with Gasteiger partial charge in [-0.25, -0.2) is 4.98 Å². The monoisotopic (exact) mass is 212 g/mol. The zero-order chi connectivity index (χ0) is 10.7. The van der Waals surface area contributed by atoms with Gasteiger partial charge in [0.05, 0.1) is 18.8 Å². The molecule has 1 fully saturated rings. The molecule has 1 saturated heterocycles. The Morgan fingerprint density at radius 3 is 3.07 bits per heavy atom. The van der Waals surface area contributed by atoms with E-state index in [0.717, 1.165) is 0 Å². The average Bonchev–Trinajstić information content (AvgIpc) is 2.67. The lowest BCUT2D eigenvalue weighted by atomic mass is 10.0. The van der Waals surface area contributed by atoms with Crippen LogP contribution in [0.3, 0.4) is 0 Å². The molecule has 0 amide bonds. The van der Waals surface area contributed by atoms with E-state index in [1.807, 2.05) is 0 Å². The average molecular weight is 212 g/mol. The van der Waals surface area contributed by atoms with Gasteiger partial charge >= 0.3 is 0 Å². The lowest BCUT2D eigenvalue weighted by molar-refractivity contribution is 0.152. The number of nitrogens with zero attached hydrogens (tertiary/aromatic N) is 1. The molecule has 15 heavy (non-hydrogen) atoms. The van der Waals surface area contributed by atoms with E-state index in [1.165, 1.54) is 6.07 Å². The van der Waals surface area contributed by atoms with E-state index in [0.29, 0.717) is 25.5 Å². The summed E-state index contributed by atoms with van der Waals surface area (Å²) in [5, 5.41) is 12.3. The van der Waals surface area contributed by atoms with E-state index < -0.39 is 11.5 Å². The first kappa shape index (κ1) is 10.3. The Labute approximate surface area is 87.1 Å². The van der Waals surface area contributed by atoms with Gasteiger partial charge in [-0.1, -0.05) is 6.07 Å². The van der Waals surface area contributed by atoms with E-state index in [2.05, 4.69) is 10.3 Å². The number of hydrogen-bond acceptors (Lipinski definition) is 4. The van der Waals surface area contributed by atoms with Crippen molar-refractivity contribution in [1.82, 2.24) is 4.98 Å². The molecule has 0 spiro atoms. The Morgan fingerprint density at radius 1 is 1.60 bits per heavy atom. The van der Waals surface area contributed by atoms with E-state index in [9.17, 15) is 9.50 Å². The van der Waals surface area contributed by atoms with Crippen LogP contribution in [0.25, 0.3) is 0 Å². The topological polar surface area (TPSA) is 54.4 Å². The summed E-state index contributed by atoms with van der Waals surface area (Å²) >= 11 is 0. The summed E-state index contributed by atoms with van der Waals surface area (Å²) in [7, 11) is 0. The molecule has 0 bridgehead atoms. The van der Waals surface area contributed by atoms with Crippen LogP contribution in [-0.4, -0.2) is 35.5 Å². The van der Waals surface area contributed by atoms with Gasteiger partial charge in [0.25, 0.3) is 0 Å². The normalized spacial score (nSPS) is 25.5. The second-order valence-corrected chi connectivity index (χ2v) is 3.71. The van der Waals surface area contributed by atoms with Crippen molar-refractivity contribution in [3.63, 3.8) is 0 Å². The number of ether oxygens (including phenoxy) is 1. The second kappa shape index (κ2) is 4.12. The quantitative estimate of drug-likeness (QED) is 0.727. The molecule has 0 saturated carbocycles. The molecule has 1 aliphatic heterocycles. The van der Waals surface area contributed by atoms with Gasteiger partial charge in [-0.3, -0.25) is 0 Å². The largest absolute Gasteiger partial charge is 0.394 e. The van der Waals surface area contributed by atoms with E-state index in [-0.39, 0.29) is 6.61 Å². The molecule has 0 aromatic carbocycles. The Hall–Kier alpha value is -1.20. The molecule has 5 heteroatoms. The summed E-state index contributed by atoms with van der Waals surface area (Å²) in [4.78, 5) is 3.69. The van der Waals surface area contributed by atoms with Crippen molar-refractivity contribution in [3.8, 4) is 0 Å². The Kier molecular flexibility index (Phi) is 2.83. The Balaban J connectivity index is 2.12. The van der Waals surface area contributed by atoms with Crippen LogP contribution in [0.4, 0.5) is 10.2 Å². The Bertz CT molecular complexity index is 340. The lowest BCUT2D eigenvalue weighted by Gasteiger charge is -2.26. The van der Waals surface area contributed by atoms with E-state index >= 15 is 0 Å². The third kappa shape index (κ3) is 2.24. The maximum Gasteiger partial charge on any atom is 0.214 e. The predicted molar refractivity (Wildman–Crippen MR) is 53.1 cm³/mol. The minimum absolute atomic E-state index is 0.0504. The zero-order valence-electron chi connectivity index (χ0n) is 8.24. The maximum absolute atomic E-state index is 12.8. The number of aliphatic hydroxyl groups excluding tert-OH is 1. The molecule has 0 radical (unpaired) electrons. The molecule has 2 heterocycles. The zero-order valence-corrected chi connectivity index (χ0v) is 8.24. The molecule has 1 aromatic rings. The smallest absolute Gasteiger partial charge is 0.214 e. The first-order valence-electron chi connectivity index (χ1n) is 4.83. The summed E-state index contributed by atoms with van der Waals surface area (Å²) in [6, 6.07) is 4.52. The third-order valence-electron chi connectivity index (χ3n) is 2.51. The molecule has 1 atom stereocenters. The first-order valence-corrected chi connectivity index (χ1v) is 4.83. The molecule has 1 aromatic heterocycles. The van der Waals surface area contributed by atoms with Gasteiger partial charge in [0.2, 0.25) is 5.95 Å². The predicted octanol–water partition coefficient (Wildman–Crippen LogP) is 0.784. The SMILES string of the molecule is OCC1(Nc2cccc(F)n2)CCOC1. The first-order chi connectivity index (χ1) is 7.24. The number of halogens is 1. The highest BCUT2D eigenvalue weighted by atomic mass is 19.1. The fourth-order valence-electron chi connectivity index (χ4n) is 1.62. The van der Waals surface area contributed by atoms with Crippen molar-refractivity contribution in [2.45, 2.75) is 12.0 Å². The fraction of sp³-hybridized carbons (Fsp3) is 0.500. The molecule has 82 valence electrons. The lowest BCUT2D eigenvalue weighted by Crippen LogP contribution is -2.42. The van der Waals surface area contributed by atoms with E-state index in [1.54, 1.807) is 12.1 Å². The van der Waals surface area contributed by atoms with Crippen molar-refractivity contribution in [2.24, 2.45) is 0 Å². The minimum Gasteiger partial charge on any atom is -0.394 e. The van der Waals surface area contributed by atoms with Crippen LogP contribution < -0.4 is 5.32 Å². The molecule has 4 nitrogen and oxygen atoms in total. The van der Waals surface area contributed by atoms with Gasteiger partial charge in [-0.05, 0) is 18.6 Å². The number of rotatable bonds is 3. The summed E-state index contributed by atoms with van der Waals surface area (Å²) < 4.78 is 18.0. The van der Waals surface area contributed by atoms with Gasteiger partial charge in [0.15, 0.2) is 0 Å². The number of pyridine rings is 1. The molecule has 1 unspecified atom stereocenters. The van der Waals surface area contributed by atoms with Gasteiger partial charge in [-0.2, -0.15) is 4.39 Å². The van der Waals surface area contributed by atoms with Crippen molar-refractivity contribution < 1.29 is 14.2 Å². The van der Waals surface area contributed by atoms with Crippen LogP contribution >= 0.6 is 0 Å². The second-order valence-electron chi connectivity index (χ2n) is 3.71. The molecule has 1 aliphatic rings. The Morgan fingerprint density at radius 2 is 2.47 bits per heavy atom. The summed E-state index contributed by atoms with van der Waals surface area (Å²) in [5.74, 6) is -0.110. The highest BCUT2D eigenvalue weighted by molar-refractivity contribution is 5.37. The molecule has 2 rings (SSSR count). The third-order valence-corrected chi connectivity index (χ3v) is 2.51. The number of nitrogens with one attached hydrogen (secondary N) is 1. The summed E-state index contributed by atoms with van der Waals surface area (Å²) in [6.45, 7) is 0.968. The van der Waals surface area contributed by atoms with Crippen molar-refractivity contribution in [2.75, 3.05) is 25.1 Å². The van der Waals surface area contributed by atoms with Crippen molar-refractivity contribution in [3.05, 3.63) is 24.1 Å². The van der Waals surface area contributed by atoms with Crippen molar-refractivity contribution in [1.29, 1.82) is 0 Å². The van der Waals surface area contributed by atoms with Gasteiger partial charge in [-0.15, -0.1) is 0 Å². The molecular weight excluding hydrogens is 199 g/mol. The van der Waals surface area contributed by atoms with Gasteiger partial charge in [0.1, 0.15) is 5.82 Å². The van der Waals surface area contributed by atoms with Crippen molar-refractivity contribution >= 4 is 5.82 Å².